The molecule has 0 saturated heterocycles. The largest absolute Gasteiger partial charge is 0.396 e. The third kappa shape index (κ3) is 8.02. The van der Waals surface area contributed by atoms with Gasteiger partial charge in [-0.2, -0.15) is 0 Å². The van der Waals surface area contributed by atoms with Gasteiger partial charge in [0.15, 0.2) is 0 Å². The molecule has 1 atom stereocenters. The minimum absolute atomic E-state index is 0.281. The second-order valence-electron chi connectivity index (χ2n) is 4.68. The van der Waals surface area contributed by atoms with Crippen molar-refractivity contribution in [2.75, 3.05) is 13.2 Å². The summed E-state index contributed by atoms with van der Waals surface area (Å²) in [4.78, 5) is 0. The predicted molar refractivity (Wildman–Crippen MR) is 53.2 cm³/mol. The number of aliphatic hydroxyl groups excluding tert-OH is 1. The van der Waals surface area contributed by atoms with E-state index >= 15 is 0 Å². The molecule has 1 unspecified atom stereocenters. The van der Waals surface area contributed by atoms with E-state index in [-0.39, 0.29) is 6.61 Å². The molecule has 0 heterocycles. The van der Waals surface area contributed by atoms with E-state index in [0.717, 1.165) is 13.0 Å². The van der Waals surface area contributed by atoms with Crippen molar-refractivity contribution >= 4 is 0 Å². The molecule has 0 aliphatic heterocycles. The summed E-state index contributed by atoms with van der Waals surface area (Å²) < 4.78 is 0. The van der Waals surface area contributed by atoms with Crippen molar-refractivity contribution in [1.29, 1.82) is 0 Å². The lowest BCUT2D eigenvalue weighted by atomic mass is 9.92. The van der Waals surface area contributed by atoms with Crippen LogP contribution in [0, 0.1) is 5.41 Å². The molecule has 0 aliphatic rings. The SMILES string of the molecule is CC(CCO)NCCC(C)(C)C. The average molecular weight is 173 g/mol. The molecule has 2 nitrogen and oxygen atoms in total. The van der Waals surface area contributed by atoms with Crippen LogP contribution < -0.4 is 5.32 Å². The third-order valence-electron chi connectivity index (χ3n) is 1.93. The molecule has 74 valence electrons. The highest BCUT2D eigenvalue weighted by Gasteiger charge is 2.09. The zero-order valence-corrected chi connectivity index (χ0v) is 8.85. The van der Waals surface area contributed by atoms with Crippen LogP contribution in [0.25, 0.3) is 0 Å². The quantitative estimate of drug-likeness (QED) is 0.664. The normalized spacial score (nSPS) is 14.8. The molecule has 2 heteroatoms. The first-order chi connectivity index (χ1) is 5.45. The van der Waals surface area contributed by atoms with Gasteiger partial charge in [0.05, 0.1) is 0 Å². The minimum Gasteiger partial charge on any atom is -0.396 e. The fraction of sp³-hybridized carbons (Fsp3) is 1.00. The van der Waals surface area contributed by atoms with Crippen LogP contribution in [-0.4, -0.2) is 24.3 Å². The Morgan fingerprint density at radius 3 is 2.33 bits per heavy atom. The highest BCUT2D eigenvalue weighted by molar-refractivity contribution is 4.66. The zero-order chi connectivity index (χ0) is 9.61. The summed E-state index contributed by atoms with van der Waals surface area (Å²) in [5.41, 5.74) is 0.409. The monoisotopic (exact) mass is 173 g/mol. The molecule has 0 aromatic carbocycles. The number of nitrogens with one attached hydrogen (secondary N) is 1. The third-order valence-corrected chi connectivity index (χ3v) is 1.93. The maximum atomic E-state index is 8.66. The molecule has 0 aliphatic carbocycles. The van der Waals surface area contributed by atoms with Gasteiger partial charge in [0, 0.05) is 12.6 Å². The summed E-state index contributed by atoms with van der Waals surface area (Å²) in [5.74, 6) is 0. The van der Waals surface area contributed by atoms with E-state index in [9.17, 15) is 0 Å². The van der Waals surface area contributed by atoms with E-state index in [1.807, 2.05) is 0 Å². The molecule has 0 saturated carbocycles. The Hall–Kier alpha value is -0.0800. The van der Waals surface area contributed by atoms with Crippen LogP contribution in [0.4, 0.5) is 0 Å². The zero-order valence-electron chi connectivity index (χ0n) is 8.85. The van der Waals surface area contributed by atoms with Crippen molar-refractivity contribution in [3.8, 4) is 0 Å². The maximum Gasteiger partial charge on any atom is 0.0445 e. The smallest absolute Gasteiger partial charge is 0.0445 e. The Morgan fingerprint density at radius 2 is 1.92 bits per heavy atom. The van der Waals surface area contributed by atoms with E-state index < -0.39 is 0 Å². The van der Waals surface area contributed by atoms with Crippen LogP contribution in [0.2, 0.25) is 0 Å². The van der Waals surface area contributed by atoms with Gasteiger partial charge >= 0.3 is 0 Å². The second kappa shape index (κ2) is 5.55. The van der Waals surface area contributed by atoms with Gasteiger partial charge in [0.1, 0.15) is 0 Å². The Morgan fingerprint density at radius 1 is 1.33 bits per heavy atom. The van der Waals surface area contributed by atoms with Crippen molar-refractivity contribution in [3.63, 3.8) is 0 Å². The summed E-state index contributed by atoms with van der Waals surface area (Å²) in [6.45, 7) is 10.2. The van der Waals surface area contributed by atoms with Gasteiger partial charge in [-0.05, 0) is 31.7 Å². The van der Waals surface area contributed by atoms with Crippen molar-refractivity contribution in [3.05, 3.63) is 0 Å². The molecule has 2 N–H and O–H groups in total. The van der Waals surface area contributed by atoms with E-state index in [1.54, 1.807) is 0 Å². The Balaban J connectivity index is 3.31. The van der Waals surface area contributed by atoms with Gasteiger partial charge in [-0.15, -0.1) is 0 Å². The molecule has 0 fully saturated rings. The second-order valence-corrected chi connectivity index (χ2v) is 4.68. The molecular weight excluding hydrogens is 150 g/mol. The van der Waals surface area contributed by atoms with Crippen LogP contribution in [0.5, 0.6) is 0 Å². The first kappa shape index (κ1) is 11.9. The molecule has 0 bridgehead atoms. The summed E-state index contributed by atoms with van der Waals surface area (Å²) in [7, 11) is 0. The van der Waals surface area contributed by atoms with E-state index in [0.29, 0.717) is 11.5 Å². The molecule has 0 amide bonds. The van der Waals surface area contributed by atoms with E-state index in [4.69, 9.17) is 5.11 Å². The molecular formula is C10H23NO. The van der Waals surface area contributed by atoms with E-state index in [2.05, 4.69) is 33.0 Å². The van der Waals surface area contributed by atoms with Crippen molar-refractivity contribution in [2.45, 2.75) is 46.6 Å². The van der Waals surface area contributed by atoms with Crippen molar-refractivity contribution in [2.24, 2.45) is 5.41 Å². The highest BCUT2D eigenvalue weighted by Crippen LogP contribution is 2.17. The van der Waals surface area contributed by atoms with Gasteiger partial charge in [-0.1, -0.05) is 20.8 Å². The first-order valence-corrected chi connectivity index (χ1v) is 4.80. The van der Waals surface area contributed by atoms with Gasteiger partial charge in [-0.25, -0.2) is 0 Å². The van der Waals surface area contributed by atoms with Crippen molar-refractivity contribution < 1.29 is 5.11 Å². The van der Waals surface area contributed by atoms with Gasteiger partial charge in [0.2, 0.25) is 0 Å². The van der Waals surface area contributed by atoms with Gasteiger partial charge in [0.25, 0.3) is 0 Å². The lowest BCUT2D eigenvalue weighted by molar-refractivity contribution is 0.265. The molecule has 0 radical (unpaired) electrons. The fourth-order valence-corrected chi connectivity index (χ4v) is 0.989. The molecule has 0 rings (SSSR count). The average Bonchev–Trinajstić information content (AvgIpc) is 1.84. The topological polar surface area (TPSA) is 32.3 Å². The molecule has 0 aromatic rings. The molecule has 0 spiro atoms. The molecule has 0 aromatic heterocycles. The van der Waals surface area contributed by atoms with Crippen LogP contribution >= 0.6 is 0 Å². The lowest BCUT2D eigenvalue weighted by Crippen LogP contribution is -2.29. The summed E-state index contributed by atoms with van der Waals surface area (Å²) >= 11 is 0. The summed E-state index contributed by atoms with van der Waals surface area (Å²) in [6.07, 6.45) is 2.03. The van der Waals surface area contributed by atoms with Crippen LogP contribution in [-0.2, 0) is 0 Å². The summed E-state index contributed by atoms with van der Waals surface area (Å²) in [6, 6.07) is 0.442. The standard InChI is InChI=1S/C10H23NO/c1-9(5-8-12)11-7-6-10(2,3)4/h9,11-12H,5-8H2,1-4H3. The predicted octanol–water partition coefficient (Wildman–Crippen LogP) is 1.78. The summed E-state index contributed by atoms with van der Waals surface area (Å²) in [5, 5.41) is 12.0. The van der Waals surface area contributed by atoms with Gasteiger partial charge in [-0.3, -0.25) is 0 Å². The molecule has 12 heavy (non-hydrogen) atoms. The van der Waals surface area contributed by atoms with Crippen LogP contribution in [0.1, 0.15) is 40.5 Å². The minimum atomic E-state index is 0.281. The Bertz CT molecular complexity index is 107. The Labute approximate surface area is 76.4 Å². The number of aliphatic hydroxyl groups is 1. The fourth-order valence-electron chi connectivity index (χ4n) is 0.989. The van der Waals surface area contributed by atoms with Crippen LogP contribution in [0.3, 0.4) is 0 Å². The van der Waals surface area contributed by atoms with Gasteiger partial charge < -0.3 is 10.4 Å². The number of hydrogen-bond acceptors (Lipinski definition) is 2. The first-order valence-electron chi connectivity index (χ1n) is 4.80. The number of hydrogen-bond donors (Lipinski definition) is 2. The van der Waals surface area contributed by atoms with E-state index in [1.165, 1.54) is 6.42 Å². The lowest BCUT2D eigenvalue weighted by Gasteiger charge is -2.20. The highest BCUT2D eigenvalue weighted by atomic mass is 16.3. The van der Waals surface area contributed by atoms with Crippen molar-refractivity contribution in [1.82, 2.24) is 5.32 Å². The number of rotatable bonds is 5. The Kier molecular flexibility index (Phi) is 5.51. The maximum absolute atomic E-state index is 8.66. The van der Waals surface area contributed by atoms with Crippen LogP contribution in [0.15, 0.2) is 0 Å².